The molecule has 0 rings (SSSR count). The van der Waals surface area contributed by atoms with Gasteiger partial charge in [-0.1, -0.05) is 13.8 Å². The van der Waals surface area contributed by atoms with Gasteiger partial charge in [0, 0.05) is 28.9 Å². The van der Waals surface area contributed by atoms with Gasteiger partial charge in [0.15, 0.2) is 0 Å². The summed E-state index contributed by atoms with van der Waals surface area (Å²) >= 11 is 0. The van der Waals surface area contributed by atoms with Gasteiger partial charge >= 0.3 is 0 Å². The topological polar surface area (TPSA) is 70.0 Å². The van der Waals surface area contributed by atoms with Gasteiger partial charge in [0.1, 0.15) is 5.41 Å². The SMILES string of the molecule is CCC(C#N)(CC)C(=O)NC(C)CCS(C)=O. The fraction of sp³-hybridized carbons (Fsp3) is 0.833. The first kappa shape index (κ1) is 16.1. The van der Waals surface area contributed by atoms with Crippen LogP contribution in [-0.4, -0.2) is 28.2 Å². The van der Waals surface area contributed by atoms with Crippen molar-refractivity contribution < 1.29 is 9.00 Å². The Labute approximate surface area is 106 Å². The molecule has 0 spiro atoms. The summed E-state index contributed by atoms with van der Waals surface area (Å²) in [4.78, 5) is 12.0. The van der Waals surface area contributed by atoms with Crippen LogP contribution in [0.1, 0.15) is 40.0 Å². The number of carbonyl (C=O) groups is 1. The Balaban J connectivity index is 4.42. The molecule has 5 heteroatoms. The minimum absolute atomic E-state index is 0.0442. The third-order valence-electron chi connectivity index (χ3n) is 3.07. The number of rotatable bonds is 7. The zero-order chi connectivity index (χ0) is 13.5. The highest BCUT2D eigenvalue weighted by Gasteiger charge is 2.35. The van der Waals surface area contributed by atoms with Crippen LogP contribution in [0.25, 0.3) is 0 Å². The molecule has 0 fully saturated rings. The van der Waals surface area contributed by atoms with Gasteiger partial charge in [0.2, 0.25) is 5.91 Å². The van der Waals surface area contributed by atoms with Crippen LogP contribution < -0.4 is 5.32 Å². The van der Waals surface area contributed by atoms with E-state index < -0.39 is 16.2 Å². The molecule has 0 aliphatic carbocycles. The molecular weight excluding hydrogens is 236 g/mol. The standard InChI is InChI=1S/C12H22N2O2S/c1-5-12(6-2,9-13)11(15)14-10(3)7-8-17(4)16/h10H,5-8H2,1-4H3,(H,14,15). The van der Waals surface area contributed by atoms with E-state index in [2.05, 4.69) is 11.4 Å². The number of amides is 1. The molecule has 17 heavy (non-hydrogen) atoms. The van der Waals surface area contributed by atoms with E-state index in [9.17, 15) is 9.00 Å². The van der Waals surface area contributed by atoms with Crippen LogP contribution in [0.4, 0.5) is 0 Å². The molecule has 0 saturated carbocycles. The highest BCUT2D eigenvalue weighted by Crippen LogP contribution is 2.25. The molecule has 1 amide bonds. The molecule has 0 bridgehead atoms. The summed E-state index contributed by atoms with van der Waals surface area (Å²) in [6.45, 7) is 5.56. The third kappa shape index (κ3) is 4.86. The quantitative estimate of drug-likeness (QED) is 0.754. The molecule has 0 heterocycles. The lowest BCUT2D eigenvalue weighted by atomic mass is 9.83. The maximum absolute atomic E-state index is 12.0. The first-order valence-electron chi connectivity index (χ1n) is 5.94. The fourth-order valence-corrected chi connectivity index (χ4v) is 2.24. The second kappa shape index (κ2) is 7.44. The van der Waals surface area contributed by atoms with Crippen LogP contribution in [0, 0.1) is 16.7 Å². The Kier molecular flexibility index (Phi) is 7.05. The van der Waals surface area contributed by atoms with E-state index in [1.807, 2.05) is 20.8 Å². The van der Waals surface area contributed by atoms with Crippen molar-refractivity contribution in [3.05, 3.63) is 0 Å². The Hall–Kier alpha value is -0.890. The summed E-state index contributed by atoms with van der Waals surface area (Å²) in [6, 6.07) is 2.07. The predicted octanol–water partition coefficient (Wildman–Crippen LogP) is 1.59. The lowest BCUT2D eigenvalue weighted by Gasteiger charge is -2.24. The van der Waals surface area contributed by atoms with Gasteiger partial charge in [-0.3, -0.25) is 9.00 Å². The van der Waals surface area contributed by atoms with Gasteiger partial charge in [-0.2, -0.15) is 5.26 Å². The summed E-state index contributed by atoms with van der Waals surface area (Å²) in [5.74, 6) is 0.360. The normalized spacial score (nSPS) is 14.8. The van der Waals surface area contributed by atoms with Crippen molar-refractivity contribution in [2.75, 3.05) is 12.0 Å². The largest absolute Gasteiger partial charge is 0.352 e. The van der Waals surface area contributed by atoms with Crippen LogP contribution in [0.2, 0.25) is 0 Å². The van der Waals surface area contributed by atoms with Crippen molar-refractivity contribution in [3.8, 4) is 6.07 Å². The monoisotopic (exact) mass is 258 g/mol. The van der Waals surface area contributed by atoms with Gasteiger partial charge in [0.25, 0.3) is 0 Å². The molecule has 2 unspecified atom stereocenters. The summed E-state index contributed by atoms with van der Waals surface area (Å²) in [7, 11) is -0.844. The summed E-state index contributed by atoms with van der Waals surface area (Å²) in [6.07, 6.45) is 3.34. The Morgan fingerprint density at radius 2 is 2.00 bits per heavy atom. The minimum atomic E-state index is -0.917. The van der Waals surface area contributed by atoms with E-state index in [1.54, 1.807) is 6.26 Å². The lowest BCUT2D eigenvalue weighted by Crippen LogP contribution is -2.43. The van der Waals surface area contributed by atoms with Crippen LogP contribution in [0.3, 0.4) is 0 Å². The first-order valence-corrected chi connectivity index (χ1v) is 7.66. The number of nitrogens with one attached hydrogen (secondary N) is 1. The van der Waals surface area contributed by atoms with Crippen LogP contribution in [-0.2, 0) is 15.6 Å². The molecule has 1 N–H and O–H groups in total. The number of nitrogens with zero attached hydrogens (tertiary/aromatic N) is 1. The molecular formula is C12H22N2O2S. The fourth-order valence-electron chi connectivity index (χ4n) is 1.56. The van der Waals surface area contributed by atoms with Crippen molar-refractivity contribution in [3.63, 3.8) is 0 Å². The van der Waals surface area contributed by atoms with E-state index in [0.29, 0.717) is 25.0 Å². The number of hydrogen-bond donors (Lipinski definition) is 1. The highest BCUT2D eigenvalue weighted by molar-refractivity contribution is 7.84. The van der Waals surface area contributed by atoms with Crippen LogP contribution in [0.5, 0.6) is 0 Å². The zero-order valence-electron chi connectivity index (χ0n) is 11.1. The van der Waals surface area contributed by atoms with E-state index >= 15 is 0 Å². The molecule has 0 saturated heterocycles. The predicted molar refractivity (Wildman–Crippen MR) is 69.8 cm³/mol. The third-order valence-corrected chi connectivity index (χ3v) is 3.88. The number of carbonyl (C=O) groups excluding carboxylic acids is 1. The minimum Gasteiger partial charge on any atom is -0.352 e. The van der Waals surface area contributed by atoms with Crippen molar-refractivity contribution in [2.45, 2.75) is 46.1 Å². The van der Waals surface area contributed by atoms with E-state index in [-0.39, 0.29) is 11.9 Å². The second-order valence-corrected chi connectivity index (χ2v) is 5.90. The molecule has 0 aromatic heterocycles. The Morgan fingerprint density at radius 1 is 1.47 bits per heavy atom. The van der Waals surface area contributed by atoms with Crippen molar-refractivity contribution in [2.24, 2.45) is 5.41 Å². The second-order valence-electron chi connectivity index (χ2n) is 4.34. The van der Waals surface area contributed by atoms with Crippen molar-refractivity contribution >= 4 is 16.7 Å². The number of nitriles is 1. The first-order chi connectivity index (χ1) is 7.91. The van der Waals surface area contributed by atoms with Crippen molar-refractivity contribution in [1.29, 1.82) is 5.26 Å². The van der Waals surface area contributed by atoms with Gasteiger partial charge in [-0.15, -0.1) is 0 Å². The van der Waals surface area contributed by atoms with Crippen LogP contribution in [0.15, 0.2) is 0 Å². The van der Waals surface area contributed by atoms with E-state index in [0.717, 1.165) is 0 Å². The molecule has 98 valence electrons. The molecule has 0 aliphatic rings. The van der Waals surface area contributed by atoms with Gasteiger partial charge in [0.05, 0.1) is 6.07 Å². The smallest absolute Gasteiger partial charge is 0.240 e. The summed E-state index contributed by atoms with van der Waals surface area (Å²) in [5.41, 5.74) is -0.917. The zero-order valence-corrected chi connectivity index (χ0v) is 11.9. The van der Waals surface area contributed by atoms with Crippen LogP contribution >= 0.6 is 0 Å². The average Bonchev–Trinajstić information content (AvgIpc) is 2.29. The van der Waals surface area contributed by atoms with Gasteiger partial charge < -0.3 is 5.32 Å². The average molecular weight is 258 g/mol. The summed E-state index contributed by atoms with van der Waals surface area (Å²) in [5, 5.41) is 12.0. The Bertz CT molecular complexity index is 319. The van der Waals surface area contributed by atoms with E-state index in [1.165, 1.54) is 0 Å². The Morgan fingerprint density at radius 3 is 2.35 bits per heavy atom. The lowest BCUT2D eigenvalue weighted by molar-refractivity contribution is -0.129. The number of hydrogen-bond acceptors (Lipinski definition) is 3. The van der Waals surface area contributed by atoms with Gasteiger partial charge in [-0.05, 0) is 26.2 Å². The molecule has 0 aromatic rings. The van der Waals surface area contributed by atoms with E-state index in [4.69, 9.17) is 5.26 Å². The molecule has 0 aromatic carbocycles. The highest BCUT2D eigenvalue weighted by atomic mass is 32.2. The summed E-state index contributed by atoms with van der Waals surface area (Å²) < 4.78 is 10.9. The maximum atomic E-state index is 12.0. The molecule has 0 aliphatic heterocycles. The molecule has 0 radical (unpaired) electrons. The maximum Gasteiger partial charge on any atom is 0.240 e. The van der Waals surface area contributed by atoms with Crippen molar-refractivity contribution in [1.82, 2.24) is 5.32 Å². The molecule has 2 atom stereocenters. The van der Waals surface area contributed by atoms with Gasteiger partial charge in [-0.25, -0.2) is 0 Å². The molecule has 4 nitrogen and oxygen atoms in total.